The smallest absolute Gasteiger partial charge is 0.184 e. The molecule has 0 radical (unpaired) electrons. The predicted molar refractivity (Wildman–Crippen MR) is 58.7 cm³/mol. The first-order chi connectivity index (χ1) is 6.93. The first-order valence-electron chi connectivity index (χ1n) is 4.59. The van der Waals surface area contributed by atoms with Crippen LogP contribution in [0.3, 0.4) is 0 Å². The van der Waals surface area contributed by atoms with E-state index in [1.165, 1.54) is 6.07 Å². The van der Waals surface area contributed by atoms with E-state index in [9.17, 15) is 8.78 Å². The van der Waals surface area contributed by atoms with Gasteiger partial charge >= 0.3 is 0 Å². The summed E-state index contributed by atoms with van der Waals surface area (Å²) < 4.78 is 26.3. The van der Waals surface area contributed by atoms with Gasteiger partial charge in [-0.3, -0.25) is 4.99 Å². The van der Waals surface area contributed by atoms with Crippen LogP contribution in [0.15, 0.2) is 29.3 Å². The Morgan fingerprint density at radius 3 is 2.40 bits per heavy atom. The van der Waals surface area contributed by atoms with Crippen LogP contribution in [0.4, 0.5) is 14.5 Å². The van der Waals surface area contributed by atoms with E-state index in [4.69, 9.17) is 0 Å². The first kappa shape index (κ1) is 11.6. The molecule has 0 saturated carbocycles. The second-order valence-corrected chi connectivity index (χ2v) is 3.50. The number of aliphatic imine (C=N–C) groups is 1. The van der Waals surface area contributed by atoms with Crippen molar-refractivity contribution in [1.82, 2.24) is 0 Å². The normalized spacial score (nSPS) is 11.7. The summed E-state index contributed by atoms with van der Waals surface area (Å²) in [5.41, 5.74) is 1.99. The van der Waals surface area contributed by atoms with Crippen LogP contribution in [0.1, 0.15) is 19.4 Å². The zero-order chi connectivity index (χ0) is 11.6. The highest BCUT2D eigenvalue weighted by atomic mass is 19.2. The van der Waals surface area contributed by atoms with Gasteiger partial charge in [0, 0.05) is 5.71 Å². The lowest BCUT2D eigenvalue weighted by molar-refractivity contribution is 0.510. The average Bonchev–Trinajstić information content (AvgIpc) is 2.18. The quantitative estimate of drug-likeness (QED) is 0.654. The Bertz CT molecular complexity index is 433. The molecule has 1 aromatic rings. The van der Waals surface area contributed by atoms with E-state index in [1.807, 2.05) is 0 Å². The zero-order valence-corrected chi connectivity index (χ0v) is 9.06. The van der Waals surface area contributed by atoms with Gasteiger partial charge in [0.15, 0.2) is 11.6 Å². The van der Waals surface area contributed by atoms with Crippen LogP contribution in [-0.4, -0.2) is 5.71 Å². The highest BCUT2D eigenvalue weighted by Crippen LogP contribution is 2.25. The Morgan fingerprint density at radius 1 is 1.27 bits per heavy atom. The van der Waals surface area contributed by atoms with Crippen LogP contribution >= 0.6 is 0 Å². The molecule has 1 nitrogen and oxygen atoms in total. The molecule has 0 amide bonds. The monoisotopic (exact) mass is 209 g/mol. The molecule has 0 atom stereocenters. The first-order valence-corrected chi connectivity index (χ1v) is 4.59. The largest absolute Gasteiger partial charge is 0.250 e. The minimum absolute atomic E-state index is 0.0514. The van der Waals surface area contributed by atoms with E-state index in [2.05, 4.69) is 11.6 Å². The number of allylic oxidation sites excluding steroid dienone is 1. The van der Waals surface area contributed by atoms with Crippen molar-refractivity contribution in [3.63, 3.8) is 0 Å². The molecule has 0 aliphatic heterocycles. The summed E-state index contributed by atoms with van der Waals surface area (Å²) >= 11 is 0. The van der Waals surface area contributed by atoms with Gasteiger partial charge in [0.25, 0.3) is 0 Å². The van der Waals surface area contributed by atoms with Crippen molar-refractivity contribution in [1.29, 1.82) is 0 Å². The summed E-state index contributed by atoms with van der Waals surface area (Å²) in [6.07, 6.45) is 0. The summed E-state index contributed by atoms with van der Waals surface area (Å²) in [7, 11) is 0. The molecule has 0 bridgehead atoms. The zero-order valence-electron chi connectivity index (χ0n) is 9.06. The molecule has 0 N–H and O–H groups in total. The Labute approximate surface area is 88.2 Å². The van der Waals surface area contributed by atoms with Crippen molar-refractivity contribution in [2.75, 3.05) is 0 Å². The SMILES string of the molecule is C=C(C)/C(C)=N\c1c(C)ccc(F)c1F. The van der Waals surface area contributed by atoms with E-state index >= 15 is 0 Å². The molecule has 0 saturated heterocycles. The summed E-state index contributed by atoms with van der Waals surface area (Å²) in [6, 6.07) is 2.60. The maximum absolute atomic E-state index is 13.4. The maximum Gasteiger partial charge on any atom is 0.184 e. The lowest BCUT2D eigenvalue weighted by Gasteiger charge is -2.05. The maximum atomic E-state index is 13.4. The summed E-state index contributed by atoms with van der Waals surface area (Å²) in [5.74, 6) is -1.79. The molecule has 0 fully saturated rings. The highest BCUT2D eigenvalue weighted by molar-refractivity contribution is 5.98. The number of rotatable bonds is 2. The molecule has 0 aromatic heterocycles. The third kappa shape index (κ3) is 2.49. The second-order valence-electron chi connectivity index (χ2n) is 3.50. The highest BCUT2D eigenvalue weighted by Gasteiger charge is 2.10. The van der Waals surface area contributed by atoms with Crippen LogP contribution in [0, 0.1) is 18.6 Å². The number of hydrogen-bond donors (Lipinski definition) is 0. The summed E-state index contributed by atoms with van der Waals surface area (Å²) in [4.78, 5) is 4.02. The number of nitrogens with zero attached hydrogens (tertiary/aromatic N) is 1. The fourth-order valence-corrected chi connectivity index (χ4v) is 1.04. The van der Waals surface area contributed by atoms with E-state index < -0.39 is 11.6 Å². The van der Waals surface area contributed by atoms with Crippen LogP contribution in [0.25, 0.3) is 0 Å². The van der Waals surface area contributed by atoms with Crippen molar-refractivity contribution in [3.8, 4) is 0 Å². The van der Waals surface area contributed by atoms with E-state index in [0.29, 0.717) is 11.3 Å². The molecule has 80 valence electrons. The van der Waals surface area contributed by atoms with Gasteiger partial charge in [-0.05, 0) is 38.0 Å². The van der Waals surface area contributed by atoms with Gasteiger partial charge in [-0.2, -0.15) is 0 Å². The van der Waals surface area contributed by atoms with E-state index in [-0.39, 0.29) is 5.69 Å². The molecule has 0 heterocycles. The second kappa shape index (κ2) is 4.34. The number of hydrogen-bond acceptors (Lipinski definition) is 1. The fourth-order valence-electron chi connectivity index (χ4n) is 1.04. The van der Waals surface area contributed by atoms with Gasteiger partial charge in [0.2, 0.25) is 0 Å². The van der Waals surface area contributed by atoms with Crippen molar-refractivity contribution >= 4 is 11.4 Å². The van der Waals surface area contributed by atoms with Crippen molar-refractivity contribution < 1.29 is 8.78 Å². The average molecular weight is 209 g/mol. The van der Waals surface area contributed by atoms with Gasteiger partial charge in [-0.25, -0.2) is 8.78 Å². The van der Waals surface area contributed by atoms with Gasteiger partial charge in [-0.15, -0.1) is 0 Å². The molecule has 1 rings (SSSR count). The molecular formula is C12H13F2N. The van der Waals surface area contributed by atoms with Crippen molar-refractivity contribution in [2.45, 2.75) is 20.8 Å². The number of halogens is 2. The molecule has 0 unspecified atom stereocenters. The van der Waals surface area contributed by atoms with Crippen LogP contribution < -0.4 is 0 Å². The predicted octanol–water partition coefficient (Wildman–Crippen LogP) is 3.94. The van der Waals surface area contributed by atoms with Crippen molar-refractivity contribution in [3.05, 3.63) is 41.5 Å². The van der Waals surface area contributed by atoms with Crippen LogP contribution in [0.2, 0.25) is 0 Å². The lowest BCUT2D eigenvalue weighted by Crippen LogP contribution is -1.94. The Hall–Kier alpha value is -1.51. The van der Waals surface area contributed by atoms with Crippen LogP contribution in [0.5, 0.6) is 0 Å². The molecule has 0 aliphatic rings. The van der Waals surface area contributed by atoms with Gasteiger partial charge in [0.05, 0.1) is 0 Å². The minimum Gasteiger partial charge on any atom is -0.250 e. The van der Waals surface area contributed by atoms with Crippen LogP contribution in [-0.2, 0) is 0 Å². The number of benzene rings is 1. The third-order valence-electron chi connectivity index (χ3n) is 2.17. The number of aryl methyl sites for hydroxylation is 1. The van der Waals surface area contributed by atoms with Gasteiger partial charge in [0.1, 0.15) is 5.69 Å². The Morgan fingerprint density at radius 2 is 1.87 bits per heavy atom. The molecule has 15 heavy (non-hydrogen) atoms. The molecule has 3 heteroatoms. The van der Waals surface area contributed by atoms with E-state index in [1.54, 1.807) is 20.8 Å². The minimum atomic E-state index is -0.907. The Balaban J connectivity index is 3.32. The Kier molecular flexibility index (Phi) is 3.35. The van der Waals surface area contributed by atoms with Gasteiger partial charge < -0.3 is 0 Å². The molecule has 1 aromatic carbocycles. The summed E-state index contributed by atoms with van der Waals surface area (Å²) in [6.45, 7) is 8.86. The third-order valence-corrected chi connectivity index (χ3v) is 2.17. The topological polar surface area (TPSA) is 12.4 Å². The molecule has 0 spiro atoms. The summed E-state index contributed by atoms with van der Waals surface area (Å²) in [5, 5.41) is 0. The fraction of sp³-hybridized carbons (Fsp3) is 0.250. The van der Waals surface area contributed by atoms with E-state index in [0.717, 1.165) is 11.6 Å². The molecular weight excluding hydrogens is 196 g/mol. The lowest BCUT2D eigenvalue weighted by atomic mass is 10.1. The van der Waals surface area contributed by atoms with Crippen molar-refractivity contribution in [2.24, 2.45) is 4.99 Å². The standard InChI is InChI=1S/C12H13F2N/c1-7(2)9(4)15-12-8(3)5-6-10(13)11(12)14/h5-6H,1H2,2-4H3/b15-9-. The molecule has 0 aliphatic carbocycles. The van der Waals surface area contributed by atoms with Gasteiger partial charge in [-0.1, -0.05) is 12.6 Å².